The number of benzene rings is 2. The number of unbranched alkanes of at least 4 members (excludes halogenated alkanes) is 1. The molecule has 36 heavy (non-hydrogen) atoms. The average Bonchev–Trinajstić information content (AvgIpc) is 3.28. The molecule has 2 aromatic carbocycles. The molecule has 0 aliphatic heterocycles. The molecule has 0 aromatic heterocycles. The summed E-state index contributed by atoms with van der Waals surface area (Å²) in [7, 11) is 0. The molecular formula is C33H44Cl2Zr. The predicted octanol–water partition coefficient (Wildman–Crippen LogP) is 3.50. The Morgan fingerprint density at radius 1 is 0.806 bits per heavy atom. The van der Waals surface area contributed by atoms with Crippen molar-refractivity contribution in [3.63, 3.8) is 0 Å². The van der Waals surface area contributed by atoms with Crippen LogP contribution in [-0.4, -0.2) is 3.21 Å². The minimum absolute atomic E-state index is 0. The molecule has 0 fully saturated rings. The summed E-state index contributed by atoms with van der Waals surface area (Å²) in [5, 5.41) is 0. The van der Waals surface area contributed by atoms with Gasteiger partial charge in [-0.05, 0) is 0 Å². The molecule has 0 spiro atoms. The first-order chi connectivity index (χ1) is 15.9. The van der Waals surface area contributed by atoms with Crippen LogP contribution >= 0.6 is 0 Å². The maximum Gasteiger partial charge on any atom is -1.00 e. The summed E-state index contributed by atoms with van der Waals surface area (Å²) >= 11 is -2.22. The molecule has 0 bridgehead atoms. The van der Waals surface area contributed by atoms with E-state index in [4.69, 9.17) is 0 Å². The molecule has 194 valence electrons. The van der Waals surface area contributed by atoms with Gasteiger partial charge in [0.2, 0.25) is 0 Å². The molecule has 2 aliphatic carbocycles. The van der Waals surface area contributed by atoms with Crippen molar-refractivity contribution in [3.05, 3.63) is 78.7 Å². The molecule has 1 unspecified atom stereocenters. The Kier molecular flexibility index (Phi) is 10.5. The van der Waals surface area contributed by atoms with E-state index in [0.29, 0.717) is 9.54 Å². The van der Waals surface area contributed by atoms with Gasteiger partial charge in [-0.25, -0.2) is 0 Å². The molecular weight excluding hydrogens is 558 g/mol. The molecule has 0 nitrogen and oxygen atoms in total. The minimum atomic E-state index is -2.22. The summed E-state index contributed by atoms with van der Waals surface area (Å²) in [5.74, 6) is 0.643. The number of rotatable bonds is 5. The zero-order valence-corrected chi connectivity index (χ0v) is 28.0. The summed E-state index contributed by atoms with van der Waals surface area (Å²) < 4.78 is 4.18. The summed E-state index contributed by atoms with van der Waals surface area (Å²) in [4.78, 5) is 0. The fraction of sp³-hybridized carbons (Fsp3) is 0.485. The van der Waals surface area contributed by atoms with Crippen LogP contribution in [0.1, 0.15) is 97.8 Å². The fourth-order valence-electron chi connectivity index (χ4n) is 5.88. The van der Waals surface area contributed by atoms with Gasteiger partial charge in [0.1, 0.15) is 0 Å². The van der Waals surface area contributed by atoms with Crippen LogP contribution in [0.2, 0.25) is 0 Å². The summed E-state index contributed by atoms with van der Waals surface area (Å²) in [6, 6.07) is 10.1. The third kappa shape index (κ3) is 5.80. The molecule has 3 heteroatoms. The van der Waals surface area contributed by atoms with Gasteiger partial charge < -0.3 is 24.8 Å². The first kappa shape index (κ1) is 31.5. The number of halogens is 2. The quantitative estimate of drug-likeness (QED) is 0.492. The molecule has 4 rings (SSSR count). The van der Waals surface area contributed by atoms with Gasteiger partial charge >= 0.3 is 218 Å². The Bertz CT molecular complexity index is 1180. The van der Waals surface area contributed by atoms with Crippen molar-refractivity contribution in [2.45, 2.75) is 92.1 Å². The van der Waals surface area contributed by atoms with E-state index in [0.717, 1.165) is 0 Å². The zero-order chi connectivity index (χ0) is 24.9. The second-order valence-corrected chi connectivity index (χ2v) is 19.4. The average molecular weight is 603 g/mol. The Morgan fingerprint density at radius 2 is 1.28 bits per heavy atom. The maximum absolute atomic E-state index is 2.68. The van der Waals surface area contributed by atoms with E-state index in [1.54, 1.807) is 19.9 Å². The van der Waals surface area contributed by atoms with Crippen molar-refractivity contribution in [1.82, 2.24) is 0 Å². The van der Waals surface area contributed by atoms with Gasteiger partial charge in [0, 0.05) is 0 Å². The third-order valence-electron chi connectivity index (χ3n) is 8.21. The van der Waals surface area contributed by atoms with Crippen LogP contribution in [0.4, 0.5) is 0 Å². The Balaban J connectivity index is 0.00000228. The van der Waals surface area contributed by atoms with E-state index in [1.807, 2.05) is 3.28 Å². The van der Waals surface area contributed by atoms with Gasteiger partial charge in [-0.1, -0.05) is 0 Å². The van der Waals surface area contributed by atoms with Crippen molar-refractivity contribution in [2.24, 2.45) is 11.3 Å². The van der Waals surface area contributed by atoms with E-state index < -0.39 is 21.3 Å². The molecule has 0 saturated carbocycles. The van der Waals surface area contributed by atoms with Crippen LogP contribution in [0.15, 0.2) is 45.3 Å². The number of allylic oxidation sites excluding steroid dienone is 4. The molecule has 0 radical (unpaired) electrons. The monoisotopic (exact) mass is 600 g/mol. The largest absolute Gasteiger partial charge is 1.00 e. The topological polar surface area (TPSA) is 0 Å². The summed E-state index contributed by atoms with van der Waals surface area (Å²) in [5.41, 5.74) is 13.8. The molecule has 2 aliphatic rings. The predicted molar refractivity (Wildman–Crippen MR) is 148 cm³/mol. The van der Waals surface area contributed by atoms with Crippen LogP contribution in [0.5, 0.6) is 0 Å². The van der Waals surface area contributed by atoms with Gasteiger partial charge in [-0.2, -0.15) is 0 Å². The first-order valence-corrected chi connectivity index (χ1v) is 17.2. The van der Waals surface area contributed by atoms with Crippen LogP contribution in [0, 0.1) is 39.0 Å². The second-order valence-electron chi connectivity index (χ2n) is 12.1. The first-order valence-electron chi connectivity index (χ1n) is 13.3. The summed E-state index contributed by atoms with van der Waals surface area (Å²) in [6.07, 6.45) is 9.26. The number of hydrogen-bond donors (Lipinski definition) is 0. The van der Waals surface area contributed by atoms with Crippen LogP contribution in [-0.2, 0) is 21.3 Å². The van der Waals surface area contributed by atoms with Gasteiger partial charge in [-0.3, -0.25) is 0 Å². The van der Waals surface area contributed by atoms with E-state index in [2.05, 4.69) is 106 Å². The number of hydrogen-bond acceptors (Lipinski definition) is 0. The van der Waals surface area contributed by atoms with E-state index in [-0.39, 0.29) is 30.2 Å². The van der Waals surface area contributed by atoms with Crippen LogP contribution < -0.4 is 24.8 Å². The van der Waals surface area contributed by atoms with Gasteiger partial charge in [0.05, 0.1) is 0 Å². The Morgan fingerprint density at radius 3 is 1.69 bits per heavy atom. The van der Waals surface area contributed by atoms with Crippen molar-refractivity contribution in [1.29, 1.82) is 0 Å². The molecule has 0 amide bonds. The number of aryl methyl sites for hydroxylation is 4. The second kappa shape index (κ2) is 12.0. The van der Waals surface area contributed by atoms with Crippen LogP contribution in [0.3, 0.4) is 0 Å². The SMILES string of the molecule is CCCCC1C=C(C(C)(C)C)C=[C]1[Zr+2](=[C](C)C)[CH]1c2cc(C)c(C)cc2-c2cc(C)c(C)cc21.[Cl-].[Cl-]. The molecule has 0 N–H and O–H groups in total. The van der Waals surface area contributed by atoms with Gasteiger partial charge in [0.25, 0.3) is 0 Å². The van der Waals surface area contributed by atoms with E-state index in [1.165, 1.54) is 52.6 Å². The third-order valence-corrected chi connectivity index (χ3v) is 16.6. The van der Waals surface area contributed by atoms with Crippen LogP contribution in [0.25, 0.3) is 11.1 Å². The summed E-state index contributed by atoms with van der Waals surface area (Å²) in [6.45, 7) is 23.6. The number of fused-ring (bicyclic) bond motifs is 3. The van der Waals surface area contributed by atoms with Crippen molar-refractivity contribution in [2.75, 3.05) is 0 Å². The van der Waals surface area contributed by atoms with Gasteiger partial charge in [-0.15, -0.1) is 0 Å². The minimum Gasteiger partial charge on any atom is -1.00 e. The van der Waals surface area contributed by atoms with E-state index in [9.17, 15) is 0 Å². The van der Waals surface area contributed by atoms with Crippen molar-refractivity contribution < 1.29 is 46.1 Å². The normalized spacial score (nSPS) is 16.2. The van der Waals surface area contributed by atoms with Crippen molar-refractivity contribution in [3.8, 4) is 11.1 Å². The molecule has 1 atom stereocenters. The van der Waals surface area contributed by atoms with E-state index >= 15 is 0 Å². The standard InChI is InChI=1S/C17H17.C13H21.C3H6.2ClH.Zr/c1-10-5-14-9-15-6-11(2)13(4)8-17(15)16(14)7-12(10)3;1-5-6-7-11-8-9-12(10-11)13(2,3)4;1-3-2;;;/h5-9H,1-4H3;9-11H,5-7H2,1-4H3;1-2H3;2*1H;/q;;;;;+2/p-2. The smallest absolute Gasteiger partial charge is 1.00 e. The Hall–Kier alpha value is -0.747. The molecule has 0 saturated heterocycles. The Labute approximate surface area is 241 Å². The van der Waals surface area contributed by atoms with Gasteiger partial charge in [0.15, 0.2) is 0 Å². The fourth-order valence-corrected chi connectivity index (χ4v) is 14.5. The zero-order valence-electron chi connectivity index (χ0n) is 24.0. The maximum atomic E-state index is 2.68. The molecule has 2 aromatic rings. The molecule has 0 heterocycles. The van der Waals surface area contributed by atoms with Crippen molar-refractivity contribution >= 4 is 3.21 Å².